The third-order valence-corrected chi connectivity index (χ3v) is 11.5. The molecule has 15 heteroatoms. The Morgan fingerprint density at radius 3 is 2.08 bits per heavy atom. The number of aliphatic hydroxyl groups excluding tert-OH is 1. The van der Waals surface area contributed by atoms with Crippen molar-refractivity contribution < 1.29 is 43.2 Å². The summed E-state index contributed by atoms with van der Waals surface area (Å²) in [5.74, 6) is -1.29. The summed E-state index contributed by atoms with van der Waals surface area (Å²) in [6.45, 7) is 9.40. The van der Waals surface area contributed by atoms with Gasteiger partial charge in [-0.25, -0.2) is 9.48 Å². The minimum atomic E-state index is -0.913. The minimum absolute atomic E-state index is 0.0429. The molecule has 0 bridgehead atoms. The predicted molar refractivity (Wildman–Crippen MR) is 221 cm³/mol. The highest BCUT2D eigenvalue weighted by atomic mass is 32.2. The van der Waals surface area contributed by atoms with Crippen molar-refractivity contribution in [1.29, 1.82) is 0 Å². The maximum Gasteiger partial charge on any atom is 0.408 e. The Hall–Kier alpha value is -4.80. The highest BCUT2D eigenvalue weighted by Crippen LogP contribution is 2.48. The van der Waals surface area contributed by atoms with Gasteiger partial charge in [-0.15, -0.1) is 16.9 Å². The summed E-state index contributed by atoms with van der Waals surface area (Å²) in [4.78, 5) is 39.4. The van der Waals surface area contributed by atoms with Gasteiger partial charge < -0.3 is 39.4 Å². The van der Waals surface area contributed by atoms with Gasteiger partial charge in [-0.05, 0) is 64.2 Å². The number of hydrogen-bond acceptors (Lipinski definition) is 12. The number of esters is 1. The summed E-state index contributed by atoms with van der Waals surface area (Å²) in [6, 6.07) is 29.5. The zero-order valence-electron chi connectivity index (χ0n) is 34.2. The van der Waals surface area contributed by atoms with Crippen molar-refractivity contribution in [2.24, 2.45) is 0 Å². The molecule has 59 heavy (non-hydrogen) atoms. The van der Waals surface area contributed by atoms with Crippen molar-refractivity contribution in [3.8, 4) is 0 Å². The summed E-state index contributed by atoms with van der Waals surface area (Å²) >= 11 is 1.57. The lowest BCUT2D eigenvalue weighted by Gasteiger charge is -2.36. The first-order valence-corrected chi connectivity index (χ1v) is 21.0. The standard InChI is InChI=1S/C44H55N5O9S/c1-42(2,3)58-41(53)46-34(29-59-44(30-18-10-6-11-19-30,31-20-12-7-13-21-31)32-22-14-8-15-23-32)39(52)45-25-17-9-16-24-36(50)54-28-33-26-49(48-47-33)27-35-37(51)38-40(55-35)57-43(4,5)56-38/h6-8,10-15,18-23,26,34-35,37-38,40,51H,9,16-17,24-25,27-29H2,1-5H3,(H,45,52)(H,46,53)/t34-,35-,37+,38-,40-/m1/s1. The molecule has 2 amide bonds. The van der Waals surface area contributed by atoms with Gasteiger partial charge in [0.15, 0.2) is 12.1 Å². The van der Waals surface area contributed by atoms with Gasteiger partial charge in [-0.1, -0.05) is 103 Å². The molecule has 14 nitrogen and oxygen atoms in total. The molecule has 0 unspecified atom stereocenters. The SMILES string of the molecule is CC(C)(C)OC(=O)N[C@H](CSC(c1ccccc1)(c1ccccc1)c1ccccc1)C(=O)NCCCCCC(=O)OCc1cn(C[C@H]2O[C@@H]3OC(C)(C)O[C@@H]3[C@H]2O)nn1. The fourth-order valence-corrected chi connectivity index (χ4v) is 8.69. The molecule has 4 aromatic rings. The zero-order valence-corrected chi connectivity index (χ0v) is 35.1. The smallest absolute Gasteiger partial charge is 0.408 e. The molecule has 2 saturated heterocycles. The van der Waals surface area contributed by atoms with Crippen LogP contribution in [0.1, 0.15) is 82.7 Å². The van der Waals surface area contributed by atoms with Crippen molar-refractivity contribution in [3.05, 3.63) is 120 Å². The van der Waals surface area contributed by atoms with Crippen LogP contribution in [0, 0.1) is 0 Å². The number of carbonyl (C=O) groups excluding carboxylic acids is 3. The van der Waals surface area contributed by atoms with Crippen LogP contribution in [0.3, 0.4) is 0 Å². The summed E-state index contributed by atoms with van der Waals surface area (Å²) in [5, 5.41) is 24.6. The van der Waals surface area contributed by atoms with E-state index in [4.69, 9.17) is 23.7 Å². The third-order valence-electron chi connectivity index (χ3n) is 9.82. The monoisotopic (exact) mass is 829 g/mol. The van der Waals surface area contributed by atoms with Crippen molar-refractivity contribution >= 4 is 29.7 Å². The van der Waals surface area contributed by atoms with E-state index in [1.807, 2.05) is 54.6 Å². The van der Waals surface area contributed by atoms with E-state index in [1.54, 1.807) is 52.6 Å². The van der Waals surface area contributed by atoms with Crippen molar-refractivity contribution in [2.45, 2.75) is 120 Å². The summed E-state index contributed by atoms with van der Waals surface area (Å²) < 4.78 is 29.1. The molecule has 6 rings (SSSR count). The molecule has 3 aromatic carbocycles. The van der Waals surface area contributed by atoms with Crippen LogP contribution in [0.25, 0.3) is 0 Å². The first kappa shape index (κ1) is 43.8. The maximum atomic E-state index is 13.8. The number of hydrogen-bond donors (Lipinski definition) is 3. The second-order valence-electron chi connectivity index (χ2n) is 16.1. The maximum absolute atomic E-state index is 13.8. The van der Waals surface area contributed by atoms with Crippen LogP contribution >= 0.6 is 11.8 Å². The van der Waals surface area contributed by atoms with Gasteiger partial charge in [-0.2, -0.15) is 0 Å². The van der Waals surface area contributed by atoms with Gasteiger partial charge in [0.05, 0.1) is 17.5 Å². The van der Waals surface area contributed by atoms with Gasteiger partial charge in [0.2, 0.25) is 5.91 Å². The summed E-state index contributed by atoms with van der Waals surface area (Å²) in [7, 11) is 0. The highest BCUT2D eigenvalue weighted by Gasteiger charge is 2.54. The fraction of sp³-hybridized carbons (Fsp3) is 0.477. The average Bonchev–Trinajstić information content (AvgIpc) is 3.87. The van der Waals surface area contributed by atoms with Crippen LogP contribution in [0.4, 0.5) is 4.79 Å². The molecule has 2 fully saturated rings. The molecule has 0 spiro atoms. The molecule has 316 valence electrons. The number of thioether (sulfide) groups is 1. The molecule has 0 radical (unpaired) electrons. The number of alkyl carbamates (subject to hydrolysis) is 1. The van der Waals surface area contributed by atoms with Crippen LogP contribution in [0.2, 0.25) is 0 Å². The lowest BCUT2D eigenvalue weighted by Crippen LogP contribution is -2.50. The number of carbonyl (C=O) groups is 3. The topological polar surface area (TPSA) is 172 Å². The fourth-order valence-electron chi connectivity index (χ4n) is 7.13. The molecule has 3 N–H and O–H groups in total. The number of ether oxygens (including phenoxy) is 5. The van der Waals surface area contributed by atoms with Crippen molar-refractivity contribution in [1.82, 2.24) is 25.6 Å². The Kier molecular flexibility index (Phi) is 14.5. The lowest BCUT2D eigenvalue weighted by atomic mass is 9.84. The van der Waals surface area contributed by atoms with Crippen LogP contribution < -0.4 is 10.6 Å². The predicted octanol–water partition coefficient (Wildman–Crippen LogP) is 5.85. The minimum Gasteiger partial charge on any atom is -0.459 e. The second-order valence-corrected chi connectivity index (χ2v) is 17.4. The largest absolute Gasteiger partial charge is 0.459 e. The first-order chi connectivity index (χ1) is 28.2. The average molecular weight is 830 g/mol. The molecule has 1 aromatic heterocycles. The number of aromatic nitrogens is 3. The molecule has 5 atom stereocenters. The van der Waals surface area contributed by atoms with Crippen molar-refractivity contribution in [3.63, 3.8) is 0 Å². The summed E-state index contributed by atoms with van der Waals surface area (Å²) in [5.41, 5.74) is 2.83. The second kappa shape index (κ2) is 19.5. The van der Waals surface area contributed by atoms with Crippen LogP contribution in [0.5, 0.6) is 0 Å². The van der Waals surface area contributed by atoms with E-state index < -0.39 is 52.9 Å². The van der Waals surface area contributed by atoms with Crippen LogP contribution in [-0.4, -0.2) is 92.4 Å². The van der Waals surface area contributed by atoms with Gasteiger partial charge in [-0.3, -0.25) is 9.59 Å². The number of nitrogens with one attached hydrogen (secondary N) is 2. The third kappa shape index (κ3) is 11.7. The first-order valence-electron chi connectivity index (χ1n) is 20.0. The van der Waals surface area contributed by atoms with Crippen molar-refractivity contribution in [2.75, 3.05) is 12.3 Å². The van der Waals surface area contributed by atoms with Gasteiger partial charge in [0.1, 0.15) is 42.3 Å². The lowest BCUT2D eigenvalue weighted by molar-refractivity contribution is -0.216. The number of rotatable bonds is 18. The van der Waals surface area contributed by atoms with Crippen LogP contribution in [-0.2, 0) is 51.2 Å². The number of fused-ring (bicyclic) bond motifs is 1. The van der Waals surface area contributed by atoms with E-state index in [-0.39, 0.29) is 37.2 Å². The quantitative estimate of drug-likeness (QED) is 0.0622. The molecular weight excluding hydrogens is 775 g/mol. The van der Waals surface area contributed by atoms with E-state index in [2.05, 4.69) is 57.3 Å². The van der Waals surface area contributed by atoms with Gasteiger partial charge in [0.25, 0.3) is 0 Å². The molecule has 3 heterocycles. The Morgan fingerprint density at radius 1 is 0.898 bits per heavy atom. The van der Waals surface area contributed by atoms with E-state index >= 15 is 0 Å². The number of aliphatic hydroxyl groups is 1. The van der Waals surface area contributed by atoms with Gasteiger partial charge >= 0.3 is 12.1 Å². The zero-order chi connectivity index (χ0) is 42.0. The highest BCUT2D eigenvalue weighted by molar-refractivity contribution is 8.00. The molecule has 0 saturated carbocycles. The van der Waals surface area contributed by atoms with Gasteiger partial charge in [0, 0.05) is 18.7 Å². The number of unbranched alkanes of at least 4 members (excludes halogenated alkanes) is 2. The Balaban J connectivity index is 0.988. The molecule has 2 aliphatic heterocycles. The number of benzene rings is 3. The molecular formula is C44H55N5O9S. The normalized spacial score (nSPS) is 20.4. The number of nitrogens with zero attached hydrogens (tertiary/aromatic N) is 3. The van der Waals surface area contributed by atoms with E-state index in [1.165, 1.54) is 4.68 Å². The number of amides is 2. The molecule has 0 aliphatic carbocycles. The molecule has 2 aliphatic rings. The Labute approximate surface area is 349 Å². The van der Waals surface area contributed by atoms with E-state index in [0.717, 1.165) is 16.7 Å². The van der Waals surface area contributed by atoms with E-state index in [0.29, 0.717) is 31.5 Å². The Morgan fingerprint density at radius 2 is 1.51 bits per heavy atom. The van der Waals surface area contributed by atoms with Crippen LogP contribution in [0.15, 0.2) is 97.2 Å². The summed E-state index contributed by atoms with van der Waals surface area (Å²) in [6.07, 6.45) is 0.289. The Bertz CT molecular complexity index is 1880. The van der Waals surface area contributed by atoms with E-state index in [9.17, 15) is 19.5 Å².